The fraction of sp³-hybridized carbons (Fsp3) is 0.0833. The number of pyridine rings is 2. The monoisotopic (exact) mass is 382 g/mol. The molecule has 2 N–H and O–H groups in total. The molecule has 5 nitrogen and oxygen atoms in total. The Kier molecular flexibility index (Phi) is 5.98. The van der Waals surface area contributed by atoms with Crippen LogP contribution in [0.15, 0.2) is 97.6 Å². The molecule has 2 aromatic heterocycles. The van der Waals surface area contributed by atoms with Crippen LogP contribution in [0.1, 0.15) is 11.1 Å². The first-order chi connectivity index (χ1) is 14.4. The van der Waals surface area contributed by atoms with Gasteiger partial charge in [-0.15, -0.1) is 0 Å². The van der Waals surface area contributed by atoms with Gasteiger partial charge in [0.1, 0.15) is 5.75 Å². The molecule has 0 fully saturated rings. The van der Waals surface area contributed by atoms with Crippen molar-refractivity contribution in [2.45, 2.75) is 13.1 Å². The van der Waals surface area contributed by atoms with Crippen molar-refractivity contribution in [3.63, 3.8) is 0 Å². The van der Waals surface area contributed by atoms with Crippen LogP contribution in [0.3, 0.4) is 0 Å². The first kappa shape index (κ1) is 18.5. The van der Waals surface area contributed by atoms with E-state index in [1.54, 1.807) is 12.4 Å². The van der Waals surface area contributed by atoms with Gasteiger partial charge in [-0.3, -0.25) is 9.97 Å². The van der Waals surface area contributed by atoms with Crippen molar-refractivity contribution >= 4 is 11.4 Å². The fourth-order valence-electron chi connectivity index (χ4n) is 2.88. The predicted octanol–water partition coefficient (Wildman–Crippen LogP) is 5.49. The molecular weight excluding hydrogens is 360 g/mol. The van der Waals surface area contributed by atoms with Gasteiger partial charge in [0.25, 0.3) is 0 Å². The Bertz CT molecular complexity index is 1020. The van der Waals surface area contributed by atoms with E-state index in [1.165, 1.54) is 0 Å². The van der Waals surface area contributed by atoms with E-state index >= 15 is 0 Å². The van der Waals surface area contributed by atoms with E-state index in [4.69, 9.17) is 4.74 Å². The van der Waals surface area contributed by atoms with Crippen molar-refractivity contribution in [3.05, 3.63) is 109 Å². The van der Waals surface area contributed by atoms with Crippen molar-refractivity contribution in [2.75, 3.05) is 10.6 Å². The zero-order valence-corrected chi connectivity index (χ0v) is 16.0. The molecule has 2 heterocycles. The summed E-state index contributed by atoms with van der Waals surface area (Å²) in [5.41, 5.74) is 4.23. The average Bonchev–Trinajstić information content (AvgIpc) is 2.79. The molecule has 0 saturated carbocycles. The summed E-state index contributed by atoms with van der Waals surface area (Å²) in [4.78, 5) is 8.28. The lowest BCUT2D eigenvalue weighted by atomic mass is 10.2. The van der Waals surface area contributed by atoms with Gasteiger partial charge in [0.2, 0.25) is 0 Å². The maximum Gasteiger partial charge on any atom is 0.150 e. The molecule has 0 radical (unpaired) electrons. The highest BCUT2D eigenvalue weighted by atomic mass is 16.5. The third-order valence-corrected chi connectivity index (χ3v) is 4.39. The van der Waals surface area contributed by atoms with Crippen molar-refractivity contribution in [3.8, 4) is 11.5 Å². The molecule has 0 aliphatic heterocycles. The smallest absolute Gasteiger partial charge is 0.150 e. The van der Waals surface area contributed by atoms with Crippen molar-refractivity contribution in [1.29, 1.82) is 0 Å². The van der Waals surface area contributed by atoms with Gasteiger partial charge < -0.3 is 15.4 Å². The van der Waals surface area contributed by atoms with Crippen molar-refractivity contribution in [1.82, 2.24) is 9.97 Å². The summed E-state index contributed by atoms with van der Waals surface area (Å²) in [6.07, 6.45) is 7.27. The number of benzene rings is 2. The normalized spacial score (nSPS) is 10.3. The highest BCUT2D eigenvalue weighted by molar-refractivity contribution is 5.58. The van der Waals surface area contributed by atoms with Crippen LogP contribution in [0.5, 0.6) is 11.5 Å². The molecule has 0 amide bonds. The number of hydrogen-bond donors (Lipinski definition) is 2. The van der Waals surface area contributed by atoms with E-state index in [9.17, 15) is 0 Å². The molecule has 0 aliphatic carbocycles. The molecule has 2 aromatic carbocycles. The molecule has 0 bridgehead atoms. The minimum Gasteiger partial charge on any atom is -0.455 e. The zero-order valence-electron chi connectivity index (χ0n) is 16.0. The molecular formula is C24H22N4O. The van der Waals surface area contributed by atoms with E-state index < -0.39 is 0 Å². The zero-order chi connectivity index (χ0) is 19.7. The van der Waals surface area contributed by atoms with Gasteiger partial charge >= 0.3 is 0 Å². The van der Waals surface area contributed by atoms with Crippen LogP contribution in [0.4, 0.5) is 11.4 Å². The summed E-state index contributed by atoms with van der Waals surface area (Å²) >= 11 is 0. The molecule has 29 heavy (non-hydrogen) atoms. The fourth-order valence-corrected chi connectivity index (χ4v) is 2.88. The number of anilines is 2. The Balaban J connectivity index is 1.37. The van der Waals surface area contributed by atoms with Gasteiger partial charge in [0, 0.05) is 43.6 Å². The number of hydrogen-bond acceptors (Lipinski definition) is 5. The molecule has 5 heteroatoms. The number of nitrogens with zero attached hydrogens (tertiary/aromatic N) is 2. The van der Waals surface area contributed by atoms with Crippen LogP contribution in [-0.4, -0.2) is 9.97 Å². The number of aromatic nitrogens is 2. The number of ether oxygens (including phenoxy) is 1. The Morgan fingerprint density at radius 1 is 0.655 bits per heavy atom. The molecule has 0 aliphatic rings. The maximum absolute atomic E-state index is 6.10. The molecule has 144 valence electrons. The van der Waals surface area contributed by atoms with E-state index in [-0.39, 0.29) is 0 Å². The second-order valence-corrected chi connectivity index (χ2v) is 6.55. The van der Waals surface area contributed by atoms with E-state index in [2.05, 4.69) is 20.6 Å². The van der Waals surface area contributed by atoms with Gasteiger partial charge in [-0.25, -0.2) is 0 Å². The van der Waals surface area contributed by atoms with Gasteiger partial charge in [0.15, 0.2) is 5.75 Å². The van der Waals surface area contributed by atoms with Gasteiger partial charge in [0.05, 0.1) is 5.69 Å². The summed E-state index contributed by atoms with van der Waals surface area (Å²) < 4.78 is 6.10. The second-order valence-electron chi connectivity index (χ2n) is 6.55. The lowest BCUT2D eigenvalue weighted by Crippen LogP contribution is -2.01. The Morgan fingerprint density at radius 2 is 1.31 bits per heavy atom. The minimum atomic E-state index is 0.686. The van der Waals surface area contributed by atoms with E-state index in [0.717, 1.165) is 40.5 Å². The van der Waals surface area contributed by atoms with E-state index in [0.29, 0.717) is 6.54 Å². The largest absolute Gasteiger partial charge is 0.455 e. The van der Waals surface area contributed by atoms with Crippen LogP contribution < -0.4 is 15.4 Å². The third kappa shape index (κ3) is 5.32. The summed E-state index contributed by atoms with van der Waals surface area (Å²) in [5.74, 6) is 1.57. The van der Waals surface area contributed by atoms with Crippen molar-refractivity contribution < 1.29 is 4.74 Å². The Hall–Kier alpha value is -3.86. The summed E-state index contributed by atoms with van der Waals surface area (Å²) in [7, 11) is 0. The molecule has 0 atom stereocenters. The van der Waals surface area contributed by atoms with E-state index in [1.807, 2.05) is 85.2 Å². The van der Waals surface area contributed by atoms with Crippen LogP contribution in [0.25, 0.3) is 0 Å². The maximum atomic E-state index is 6.10. The molecule has 0 unspecified atom stereocenters. The molecule has 4 aromatic rings. The Labute approximate surface area is 170 Å². The van der Waals surface area contributed by atoms with Gasteiger partial charge in [-0.2, -0.15) is 0 Å². The first-order valence-electron chi connectivity index (χ1n) is 9.49. The number of nitrogens with one attached hydrogen (secondary N) is 2. The SMILES string of the molecule is c1cncc(CNc2ccc(Oc3ccccc3NCc3cccnc3)cc2)c1. The second kappa shape index (κ2) is 9.37. The third-order valence-electron chi connectivity index (χ3n) is 4.39. The van der Waals surface area contributed by atoms with Crippen molar-refractivity contribution in [2.24, 2.45) is 0 Å². The minimum absolute atomic E-state index is 0.686. The highest BCUT2D eigenvalue weighted by Gasteiger charge is 2.05. The number of rotatable bonds is 8. The molecule has 0 saturated heterocycles. The predicted molar refractivity (Wildman–Crippen MR) is 116 cm³/mol. The summed E-state index contributed by atoms with van der Waals surface area (Å²) in [6.45, 7) is 1.42. The quantitative estimate of drug-likeness (QED) is 0.422. The first-order valence-corrected chi connectivity index (χ1v) is 9.49. The Morgan fingerprint density at radius 3 is 1.97 bits per heavy atom. The topological polar surface area (TPSA) is 59.1 Å². The lowest BCUT2D eigenvalue weighted by molar-refractivity contribution is 0.484. The standard InChI is InChI=1S/C24H22N4O/c1-2-8-24(23(7-1)28-18-20-6-4-14-26-16-20)29-22-11-9-21(10-12-22)27-17-19-5-3-13-25-15-19/h1-16,27-28H,17-18H2. The van der Waals surface area contributed by atoms with Crippen LogP contribution in [0, 0.1) is 0 Å². The molecule has 4 rings (SSSR count). The number of para-hydroxylation sites is 2. The van der Waals surface area contributed by atoms with Gasteiger partial charge in [-0.1, -0.05) is 24.3 Å². The van der Waals surface area contributed by atoms with Crippen LogP contribution in [0.2, 0.25) is 0 Å². The highest BCUT2D eigenvalue weighted by Crippen LogP contribution is 2.30. The van der Waals surface area contributed by atoms with Gasteiger partial charge in [-0.05, 0) is 59.7 Å². The van der Waals surface area contributed by atoms with Crippen LogP contribution in [-0.2, 0) is 13.1 Å². The van der Waals surface area contributed by atoms with Crippen LogP contribution >= 0.6 is 0 Å². The molecule has 0 spiro atoms. The summed E-state index contributed by atoms with van der Waals surface area (Å²) in [5, 5.41) is 6.80. The lowest BCUT2D eigenvalue weighted by Gasteiger charge is -2.13. The average molecular weight is 382 g/mol. The summed E-state index contributed by atoms with van der Waals surface area (Å²) in [6, 6.07) is 23.8.